The van der Waals surface area contributed by atoms with Gasteiger partial charge in [0.15, 0.2) is 0 Å². The first-order chi connectivity index (χ1) is 8.13. The van der Waals surface area contributed by atoms with Gasteiger partial charge in [0.25, 0.3) is 0 Å². The molecule has 4 nitrogen and oxygen atoms in total. The molecule has 17 heavy (non-hydrogen) atoms. The van der Waals surface area contributed by atoms with Gasteiger partial charge in [0, 0.05) is 66.6 Å². The van der Waals surface area contributed by atoms with Crippen molar-refractivity contribution in [2.24, 2.45) is 0 Å². The van der Waals surface area contributed by atoms with Crippen molar-refractivity contribution in [1.29, 1.82) is 0 Å². The van der Waals surface area contributed by atoms with Gasteiger partial charge in [0.1, 0.15) is 5.76 Å². The summed E-state index contributed by atoms with van der Waals surface area (Å²) in [5.74, 6) is 1.43. The Morgan fingerprint density at radius 3 is 2.76 bits per heavy atom. The van der Waals surface area contributed by atoms with Crippen LogP contribution in [0.25, 0.3) is 0 Å². The number of hydrogen-bond acceptors (Lipinski definition) is 4. The number of fused-ring (bicyclic) bond motifs is 2. The van der Waals surface area contributed by atoms with Crippen LogP contribution in [0.1, 0.15) is 37.6 Å². The molecule has 2 fully saturated rings. The van der Waals surface area contributed by atoms with Crippen molar-refractivity contribution in [1.82, 2.24) is 13.2 Å². The Hall–Kier alpha value is -0.140. The normalized spacial score (nSPS) is 29.6. The summed E-state index contributed by atoms with van der Waals surface area (Å²) >= 11 is 2.43. The first kappa shape index (κ1) is 11.9. The molecular weight excluding hydrogens is 329 g/mol. The Bertz CT molecular complexity index is 394. The molecule has 1 aromatic heterocycles. The Balaban J connectivity index is 1.64. The molecule has 0 radical (unpaired) electrons. The van der Waals surface area contributed by atoms with Crippen LogP contribution in [0, 0.1) is 0 Å². The number of aromatic nitrogens is 1. The Morgan fingerprint density at radius 2 is 2.18 bits per heavy atom. The van der Waals surface area contributed by atoms with Crippen LogP contribution >= 0.6 is 22.9 Å². The van der Waals surface area contributed by atoms with E-state index in [9.17, 15) is 0 Å². The molecule has 1 aromatic rings. The van der Waals surface area contributed by atoms with Crippen LogP contribution < -0.4 is 0 Å². The minimum absolute atomic E-state index is 0.428. The molecule has 2 saturated heterocycles. The first-order valence-electron chi connectivity index (χ1n) is 6.25. The SMILES string of the molecule is CC(C)c1cc(CN2C3CC2CN(I)C3)no1. The highest BCUT2D eigenvalue weighted by Gasteiger charge is 2.44. The van der Waals surface area contributed by atoms with E-state index < -0.39 is 0 Å². The highest BCUT2D eigenvalue weighted by Crippen LogP contribution is 2.34. The van der Waals surface area contributed by atoms with Crippen molar-refractivity contribution in [2.45, 2.75) is 44.8 Å². The van der Waals surface area contributed by atoms with Gasteiger partial charge < -0.3 is 4.52 Å². The van der Waals surface area contributed by atoms with E-state index in [2.05, 4.69) is 55.9 Å². The topological polar surface area (TPSA) is 32.5 Å². The van der Waals surface area contributed by atoms with Gasteiger partial charge in [-0.15, -0.1) is 0 Å². The third-order valence-corrected chi connectivity index (χ3v) is 4.58. The summed E-state index contributed by atoms with van der Waals surface area (Å²) in [7, 11) is 0. The summed E-state index contributed by atoms with van der Waals surface area (Å²) in [6.07, 6.45) is 1.36. The molecule has 2 unspecified atom stereocenters. The number of piperidine rings is 1. The first-order valence-corrected chi connectivity index (χ1v) is 7.22. The van der Waals surface area contributed by atoms with Gasteiger partial charge in [0.2, 0.25) is 0 Å². The molecule has 0 saturated carbocycles. The fourth-order valence-electron chi connectivity index (χ4n) is 2.76. The monoisotopic (exact) mass is 347 g/mol. The average molecular weight is 347 g/mol. The average Bonchev–Trinajstić information content (AvgIpc) is 2.74. The van der Waals surface area contributed by atoms with E-state index in [4.69, 9.17) is 4.52 Å². The molecule has 0 N–H and O–H groups in total. The van der Waals surface area contributed by atoms with E-state index in [-0.39, 0.29) is 0 Å². The van der Waals surface area contributed by atoms with Crippen molar-refractivity contribution in [3.05, 3.63) is 17.5 Å². The highest BCUT2D eigenvalue weighted by atomic mass is 127. The second-order valence-electron chi connectivity index (χ2n) is 5.42. The van der Waals surface area contributed by atoms with Gasteiger partial charge in [-0.2, -0.15) is 0 Å². The molecule has 3 heterocycles. The van der Waals surface area contributed by atoms with Crippen LogP contribution in [0.4, 0.5) is 0 Å². The lowest BCUT2D eigenvalue weighted by Crippen LogP contribution is -2.66. The summed E-state index contributed by atoms with van der Waals surface area (Å²) in [5.41, 5.74) is 1.09. The maximum atomic E-state index is 5.35. The predicted octanol–water partition coefficient (Wildman–Crippen LogP) is 2.41. The Kier molecular flexibility index (Phi) is 3.16. The van der Waals surface area contributed by atoms with Crippen LogP contribution in [-0.2, 0) is 6.54 Å². The number of rotatable bonds is 3. The number of piperazine rings is 1. The number of nitrogens with zero attached hydrogens (tertiary/aromatic N) is 3. The summed E-state index contributed by atoms with van der Waals surface area (Å²) in [6.45, 7) is 7.60. The fourth-order valence-corrected chi connectivity index (χ4v) is 3.67. The number of likely N-dealkylation sites (tertiary alicyclic amines) is 1. The van der Waals surface area contributed by atoms with Crippen LogP contribution in [-0.4, -0.2) is 38.3 Å². The molecular formula is C12H18IN3O. The van der Waals surface area contributed by atoms with E-state index in [0.717, 1.165) is 30.1 Å². The summed E-state index contributed by atoms with van der Waals surface area (Å²) in [5, 5.41) is 4.17. The highest BCUT2D eigenvalue weighted by molar-refractivity contribution is 14.1. The van der Waals surface area contributed by atoms with Gasteiger partial charge in [-0.1, -0.05) is 19.0 Å². The Morgan fingerprint density at radius 1 is 1.47 bits per heavy atom. The van der Waals surface area contributed by atoms with Crippen LogP contribution in [0.15, 0.2) is 10.6 Å². The molecule has 3 rings (SSSR count). The molecule has 94 valence electrons. The molecule has 2 bridgehead atoms. The van der Waals surface area contributed by atoms with Gasteiger partial charge >= 0.3 is 0 Å². The van der Waals surface area contributed by atoms with Crippen molar-refractivity contribution in [2.75, 3.05) is 13.1 Å². The van der Waals surface area contributed by atoms with E-state index in [1.807, 2.05) is 0 Å². The quantitative estimate of drug-likeness (QED) is 0.621. The van der Waals surface area contributed by atoms with Crippen molar-refractivity contribution in [3.63, 3.8) is 0 Å². The summed E-state index contributed by atoms with van der Waals surface area (Å²) in [4.78, 5) is 2.57. The largest absolute Gasteiger partial charge is 0.361 e. The molecule has 0 aromatic carbocycles. The minimum Gasteiger partial charge on any atom is -0.361 e. The van der Waals surface area contributed by atoms with Crippen LogP contribution in [0.5, 0.6) is 0 Å². The van der Waals surface area contributed by atoms with E-state index >= 15 is 0 Å². The fraction of sp³-hybridized carbons (Fsp3) is 0.750. The molecule has 0 amide bonds. The lowest BCUT2D eigenvalue weighted by atomic mass is 9.88. The number of hydrogen-bond donors (Lipinski definition) is 0. The molecule has 0 aliphatic carbocycles. The second-order valence-corrected chi connectivity index (χ2v) is 6.78. The zero-order chi connectivity index (χ0) is 12.0. The zero-order valence-electron chi connectivity index (χ0n) is 10.3. The van der Waals surface area contributed by atoms with Gasteiger partial charge in [0.05, 0.1) is 5.69 Å². The molecule has 0 spiro atoms. The minimum atomic E-state index is 0.428. The third-order valence-electron chi connectivity index (χ3n) is 3.79. The van der Waals surface area contributed by atoms with E-state index in [1.165, 1.54) is 19.5 Å². The lowest BCUT2D eigenvalue weighted by Gasteiger charge is -2.54. The van der Waals surface area contributed by atoms with Crippen molar-refractivity contribution >= 4 is 22.9 Å². The van der Waals surface area contributed by atoms with Gasteiger partial charge in [-0.25, -0.2) is 3.11 Å². The maximum Gasteiger partial charge on any atom is 0.139 e. The smallest absolute Gasteiger partial charge is 0.139 e. The van der Waals surface area contributed by atoms with Crippen molar-refractivity contribution < 1.29 is 4.52 Å². The standard InChI is InChI=1S/C12H18IN3O/c1-8(2)12-3-9(14-17-12)5-16-10-4-11(16)7-15(13)6-10/h3,8,10-11H,4-7H2,1-2H3. The lowest BCUT2D eigenvalue weighted by molar-refractivity contribution is -0.0434. The van der Waals surface area contributed by atoms with Crippen LogP contribution in [0.2, 0.25) is 0 Å². The third kappa shape index (κ3) is 2.24. The molecule has 2 aliphatic heterocycles. The van der Waals surface area contributed by atoms with Gasteiger partial charge in [-0.3, -0.25) is 4.90 Å². The Labute approximate surface area is 116 Å². The van der Waals surface area contributed by atoms with Crippen LogP contribution in [0.3, 0.4) is 0 Å². The zero-order valence-corrected chi connectivity index (χ0v) is 12.4. The molecule has 2 atom stereocenters. The van der Waals surface area contributed by atoms with E-state index in [0.29, 0.717) is 5.92 Å². The summed E-state index contributed by atoms with van der Waals surface area (Å²) < 4.78 is 7.75. The van der Waals surface area contributed by atoms with Crippen molar-refractivity contribution in [3.8, 4) is 0 Å². The predicted molar refractivity (Wildman–Crippen MR) is 73.9 cm³/mol. The molecule has 2 aliphatic rings. The molecule has 5 heteroatoms. The van der Waals surface area contributed by atoms with Gasteiger partial charge in [-0.05, 0) is 6.42 Å². The number of halogens is 1. The maximum absolute atomic E-state index is 5.35. The second kappa shape index (κ2) is 4.51. The van der Waals surface area contributed by atoms with E-state index in [1.54, 1.807) is 0 Å². The summed E-state index contributed by atoms with van der Waals surface area (Å²) in [6, 6.07) is 3.57.